The van der Waals surface area contributed by atoms with E-state index in [2.05, 4.69) is 41.5 Å². The maximum absolute atomic E-state index is 2.75. The predicted molar refractivity (Wildman–Crippen MR) is 122 cm³/mol. The van der Waals surface area contributed by atoms with Crippen molar-refractivity contribution >= 4 is 0 Å². The van der Waals surface area contributed by atoms with Crippen molar-refractivity contribution in [3.8, 4) is 0 Å². The minimum absolute atomic E-state index is 0.670. The first-order valence-corrected chi connectivity index (χ1v) is 13.3. The maximum atomic E-state index is 2.75. The Morgan fingerprint density at radius 3 is 2.25 bits per heavy atom. The SMILES string of the molecule is CC(C)CCC[C@@H](C)[C@H]1CC[C@H]2C3CC[C@H]4C[C@@H](C)CC[C@]4(C)[C@H]3CC[C@]12C. The van der Waals surface area contributed by atoms with Crippen LogP contribution in [0.3, 0.4) is 0 Å². The summed E-state index contributed by atoms with van der Waals surface area (Å²) in [6.45, 7) is 15.4. The topological polar surface area (TPSA) is 0 Å². The van der Waals surface area contributed by atoms with Crippen molar-refractivity contribution in [2.75, 3.05) is 0 Å². The van der Waals surface area contributed by atoms with Crippen LogP contribution in [0.25, 0.3) is 0 Å². The second kappa shape index (κ2) is 7.92. The first kappa shape index (κ1) is 21.2. The van der Waals surface area contributed by atoms with E-state index in [1.54, 1.807) is 44.9 Å². The molecule has 28 heavy (non-hydrogen) atoms. The Morgan fingerprint density at radius 1 is 0.786 bits per heavy atom. The molecule has 4 rings (SSSR count). The van der Waals surface area contributed by atoms with Gasteiger partial charge in [-0.1, -0.05) is 67.2 Å². The minimum Gasteiger partial charge on any atom is -0.0628 e. The molecule has 0 aromatic rings. The zero-order chi connectivity index (χ0) is 20.1. The van der Waals surface area contributed by atoms with Gasteiger partial charge in [-0.05, 0) is 110 Å². The molecule has 4 saturated carbocycles. The van der Waals surface area contributed by atoms with Crippen molar-refractivity contribution in [1.29, 1.82) is 0 Å². The highest BCUT2D eigenvalue weighted by Crippen LogP contribution is 2.68. The first-order chi connectivity index (χ1) is 13.3. The Labute approximate surface area is 177 Å². The lowest BCUT2D eigenvalue weighted by molar-refractivity contribution is -0.120. The fourth-order valence-electron chi connectivity index (χ4n) is 9.50. The second-order valence-corrected chi connectivity index (χ2v) is 13.1. The zero-order valence-corrected chi connectivity index (χ0v) is 20.1. The Balaban J connectivity index is 1.46. The molecule has 1 unspecified atom stereocenters. The van der Waals surface area contributed by atoms with Crippen LogP contribution in [0, 0.1) is 58.2 Å². The molecule has 0 spiro atoms. The van der Waals surface area contributed by atoms with E-state index >= 15 is 0 Å². The summed E-state index contributed by atoms with van der Waals surface area (Å²) in [4.78, 5) is 0. The van der Waals surface area contributed by atoms with E-state index in [1.165, 1.54) is 32.1 Å². The third-order valence-corrected chi connectivity index (χ3v) is 11.1. The molecule has 4 aliphatic rings. The van der Waals surface area contributed by atoms with E-state index in [0.717, 1.165) is 47.3 Å². The predicted octanol–water partition coefficient (Wildman–Crippen LogP) is 8.74. The summed E-state index contributed by atoms with van der Waals surface area (Å²) >= 11 is 0. The molecular formula is C28H50. The lowest BCUT2D eigenvalue weighted by Gasteiger charge is -2.61. The minimum atomic E-state index is 0.670. The molecule has 0 N–H and O–H groups in total. The van der Waals surface area contributed by atoms with E-state index < -0.39 is 0 Å². The van der Waals surface area contributed by atoms with Crippen LogP contribution in [-0.2, 0) is 0 Å². The fourth-order valence-corrected chi connectivity index (χ4v) is 9.50. The molecule has 0 aromatic heterocycles. The quantitative estimate of drug-likeness (QED) is 0.443. The molecule has 9 atom stereocenters. The van der Waals surface area contributed by atoms with Gasteiger partial charge >= 0.3 is 0 Å². The molecule has 0 aromatic carbocycles. The largest absolute Gasteiger partial charge is 0.0628 e. The van der Waals surface area contributed by atoms with Crippen LogP contribution in [-0.4, -0.2) is 0 Å². The molecule has 0 saturated heterocycles. The van der Waals surface area contributed by atoms with Gasteiger partial charge in [-0.3, -0.25) is 0 Å². The monoisotopic (exact) mass is 386 g/mol. The third-order valence-electron chi connectivity index (χ3n) is 11.1. The molecule has 0 heterocycles. The highest BCUT2D eigenvalue weighted by atomic mass is 14.6. The van der Waals surface area contributed by atoms with Crippen LogP contribution in [0.4, 0.5) is 0 Å². The van der Waals surface area contributed by atoms with Crippen molar-refractivity contribution in [2.24, 2.45) is 58.2 Å². The van der Waals surface area contributed by atoms with Crippen LogP contribution in [0.15, 0.2) is 0 Å². The van der Waals surface area contributed by atoms with Gasteiger partial charge in [0.1, 0.15) is 0 Å². The Bertz CT molecular complexity index is 534. The Morgan fingerprint density at radius 2 is 1.50 bits per heavy atom. The van der Waals surface area contributed by atoms with Crippen molar-refractivity contribution in [2.45, 2.75) is 119 Å². The molecule has 0 radical (unpaired) electrons. The van der Waals surface area contributed by atoms with Crippen LogP contribution >= 0.6 is 0 Å². The van der Waals surface area contributed by atoms with Gasteiger partial charge in [0.15, 0.2) is 0 Å². The number of hydrogen-bond donors (Lipinski definition) is 0. The lowest BCUT2D eigenvalue weighted by Crippen LogP contribution is -2.53. The van der Waals surface area contributed by atoms with Crippen LogP contribution < -0.4 is 0 Å². The van der Waals surface area contributed by atoms with Crippen molar-refractivity contribution in [1.82, 2.24) is 0 Å². The second-order valence-electron chi connectivity index (χ2n) is 13.1. The molecule has 0 aliphatic heterocycles. The summed E-state index contributed by atoms with van der Waals surface area (Å²) in [5.41, 5.74) is 1.36. The van der Waals surface area contributed by atoms with Gasteiger partial charge in [0.05, 0.1) is 0 Å². The van der Waals surface area contributed by atoms with Crippen molar-refractivity contribution in [3.63, 3.8) is 0 Å². The zero-order valence-electron chi connectivity index (χ0n) is 20.1. The smallest absolute Gasteiger partial charge is 0.0264 e. The van der Waals surface area contributed by atoms with Gasteiger partial charge in [-0.25, -0.2) is 0 Å². The maximum Gasteiger partial charge on any atom is -0.0264 e. The van der Waals surface area contributed by atoms with Crippen LogP contribution in [0.1, 0.15) is 119 Å². The normalized spacial score (nSPS) is 49.4. The summed E-state index contributed by atoms with van der Waals surface area (Å²) in [7, 11) is 0. The van der Waals surface area contributed by atoms with Gasteiger partial charge in [-0.2, -0.15) is 0 Å². The highest BCUT2D eigenvalue weighted by molar-refractivity contribution is 5.09. The van der Waals surface area contributed by atoms with Gasteiger partial charge < -0.3 is 0 Å². The summed E-state index contributed by atoms with van der Waals surface area (Å²) < 4.78 is 0. The third kappa shape index (κ3) is 3.51. The van der Waals surface area contributed by atoms with Gasteiger partial charge in [0.25, 0.3) is 0 Å². The van der Waals surface area contributed by atoms with E-state index in [1.807, 2.05) is 0 Å². The molecule has 0 amide bonds. The molecule has 4 aliphatic carbocycles. The lowest BCUT2D eigenvalue weighted by atomic mass is 9.44. The van der Waals surface area contributed by atoms with Crippen molar-refractivity contribution in [3.05, 3.63) is 0 Å². The average Bonchev–Trinajstić information content (AvgIpc) is 2.99. The van der Waals surface area contributed by atoms with Gasteiger partial charge in [-0.15, -0.1) is 0 Å². The molecule has 0 heteroatoms. The summed E-state index contributed by atoms with van der Waals surface area (Å²) in [5, 5.41) is 0. The molecule has 0 nitrogen and oxygen atoms in total. The molecule has 0 bridgehead atoms. The summed E-state index contributed by atoms with van der Waals surface area (Å²) in [5.74, 6) is 8.08. The van der Waals surface area contributed by atoms with Crippen LogP contribution in [0.2, 0.25) is 0 Å². The summed E-state index contributed by atoms with van der Waals surface area (Å²) in [6.07, 6.45) is 18.3. The molecule has 162 valence electrons. The van der Waals surface area contributed by atoms with E-state index in [4.69, 9.17) is 0 Å². The average molecular weight is 387 g/mol. The molecular weight excluding hydrogens is 336 g/mol. The number of hydrogen-bond acceptors (Lipinski definition) is 0. The molecule has 4 fully saturated rings. The van der Waals surface area contributed by atoms with E-state index in [9.17, 15) is 0 Å². The van der Waals surface area contributed by atoms with Gasteiger partial charge in [0.2, 0.25) is 0 Å². The first-order valence-electron chi connectivity index (χ1n) is 13.3. The Hall–Kier alpha value is 0. The van der Waals surface area contributed by atoms with E-state index in [0.29, 0.717) is 10.8 Å². The van der Waals surface area contributed by atoms with E-state index in [-0.39, 0.29) is 0 Å². The standard InChI is InChI=1S/C28H50/c1-19(2)8-7-9-21(4)24-12-13-25-23-11-10-22-18-20(3)14-16-27(22,5)26(23)15-17-28(24,25)6/h19-26H,7-18H2,1-6H3/t20-,21+,22-,23?,24+,25-,26-,27-,28+/m0/s1. The van der Waals surface area contributed by atoms with Crippen LogP contribution in [0.5, 0.6) is 0 Å². The van der Waals surface area contributed by atoms with Crippen molar-refractivity contribution < 1.29 is 0 Å². The number of rotatable bonds is 5. The summed E-state index contributed by atoms with van der Waals surface area (Å²) in [6, 6.07) is 0. The fraction of sp³-hybridized carbons (Fsp3) is 1.00. The highest BCUT2D eigenvalue weighted by Gasteiger charge is 2.60. The Kier molecular flexibility index (Phi) is 6.01. The van der Waals surface area contributed by atoms with Gasteiger partial charge in [0, 0.05) is 0 Å². The number of fused-ring (bicyclic) bond motifs is 5.